The van der Waals surface area contributed by atoms with Crippen LogP contribution in [0.3, 0.4) is 0 Å². The zero-order valence-corrected chi connectivity index (χ0v) is 14.1. The first kappa shape index (κ1) is 15.1. The van der Waals surface area contributed by atoms with Crippen molar-refractivity contribution in [3.8, 4) is 11.6 Å². The maximum Gasteiger partial charge on any atom is 0.217 e. The van der Waals surface area contributed by atoms with Gasteiger partial charge < -0.3 is 9.47 Å². The molecular weight excluding hydrogens is 368 g/mol. The number of aromatic nitrogens is 2. The minimum atomic E-state index is 0.398. The van der Waals surface area contributed by atoms with Gasteiger partial charge in [0.15, 0.2) is 5.65 Å². The first-order valence-corrected chi connectivity index (χ1v) is 7.70. The van der Waals surface area contributed by atoms with Crippen LogP contribution >= 0.6 is 27.5 Å². The summed E-state index contributed by atoms with van der Waals surface area (Å²) in [5, 5.41) is 1.34. The molecule has 22 heavy (non-hydrogen) atoms. The normalized spacial score (nSPS) is 10.7. The van der Waals surface area contributed by atoms with Gasteiger partial charge in [0, 0.05) is 22.1 Å². The predicted molar refractivity (Wildman–Crippen MR) is 89.6 cm³/mol. The molecule has 3 aromatic rings. The summed E-state index contributed by atoms with van der Waals surface area (Å²) in [6, 6.07) is 11.2. The van der Waals surface area contributed by atoms with E-state index in [9.17, 15) is 0 Å². The number of pyridine rings is 2. The van der Waals surface area contributed by atoms with Crippen molar-refractivity contribution in [3.05, 3.63) is 57.7 Å². The molecule has 0 N–H and O–H groups in total. The van der Waals surface area contributed by atoms with E-state index in [2.05, 4.69) is 25.9 Å². The Morgan fingerprint density at radius 3 is 2.68 bits per heavy atom. The smallest absolute Gasteiger partial charge is 0.217 e. The van der Waals surface area contributed by atoms with Gasteiger partial charge in [-0.3, -0.25) is 0 Å². The third kappa shape index (κ3) is 3.31. The molecule has 0 aliphatic heterocycles. The quantitative estimate of drug-likeness (QED) is 0.663. The summed E-state index contributed by atoms with van der Waals surface area (Å²) >= 11 is 9.63. The Balaban J connectivity index is 1.80. The van der Waals surface area contributed by atoms with E-state index in [1.54, 1.807) is 19.4 Å². The van der Waals surface area contributed by atoms with E-state index in [1.165, 1.54) is 0 Å². The Hall–Kier alpha value is -1.85. The molecule has 0 aliphatic carbocycles. The lowest BCUT2D eigenvalue weighted by molar-refractivity contribution is 0.294. The summed E-state index contributed by atoms with van der Waals surface area (Å²) in [4.78, 5) is 8.60. The number of benzene rings is 1. The molecule has 2 aromatic heterocycles. The highest BCUT2D eigenvalue weighted by molar-refractivity contribution is 9.10. The van der Waals surface area contributed by atoms with Crippen LogP contribution in [0.4, 0.5) is 0 Å². The lowest BCUT2D eigenvalue weighted by Gasteiger charge is -2.08. The van der Waals surface area contributed by atoms with E-state index in [-0.39, 0.29) is 0 Å². The van der Waals surface area contributed by atoms with E-state index in [1.807, 2.05) is 30.3 Å². The molecule has 0 aliphatic rings. The second-order valence-corrected chi connectivity index (χ2v) is 5.93. The lowest BCUT2D eigenvalue weighted by Crippen LogP contribution is -1.98. The molecule has 112 valence electrons. The minimum absolute atomic E-state index is 0.398. The van der Waals surface area contributed by atoms with Crippen LogP contribution < -0.4 is 9.47 Å². The summed E-state index contributed by atoms with van der Waals surface area (Å²) in [5.74, 6) is 1.26. The van der Waals surface area contributed by atoms with Crippen molar-refractivity contribution in [1.29, 1.82) is 0 Å². The number of hydrogen-bond acceptors (Lipinski definition) is 4. The van der Waals surface area contributed by atoms with Crippen LogP contribution in [-0.2, 0) is 6.61 Å². The fourth-order valence-electron chi connectivity index (χ4n) is 1.97. The Morgan fingerprint density at radius 1 is 1.18 bits per heavy atom. The molecule has 0 saturated carbocycles. The first-order chi connectivity index (χ1) is 10.7. The van der Waals surface area contributed by atoms with Crippen molar-refractivity contribution in [2.75, 3.05) is 7.11 Å². The Kier molecular flexibility index (Phi) is 4.45. The predicted octanol–water partition coefficient (Wildman–Crippen LogP) is 4.63. The molecular formula is C16H12BrClN2O2. The third-order valence-corrected chi connectivity index (χ3v) is 3.85. The number of rotatable bonds is 4. The van der Waals surface area contributed by atoms with Gasteiger partial charge in [0.1, 0.15) is 12.4 Å². The fourth-order valence-corrected chi connectivity index (χ4v) is 2.54. The Morgan fingerprint density at radius 2 is 1.95 bits per heavy atom. The summed E-state index contributed by atoms with van der Waals surface area (Å²) in [6.45, 7) is 0.398. The standard InChI is InChI=1S/C16H12BrClN2O2/c1-21-12-4-2-10(3-5-12)9-22-15-7-14(18)13-6-11(17)8-19-16(13)20-15/h2-8H,9H2,1H3. The van der Waals surface area contributed by atoms with E-state index in [4.69, 9.17) is 21.1 Å². The van der Waals surface area contributed by atoms with Crippen LogP contribution in [0.2, 0.25) is 5.02 Å². The van der Waals surface area contributed by atoms with Crippen molar-refractivity contribution >= 4 is 38.6 Å². The average Bonchev–Trinajstić information content (AvgIpc) is 2.54. The van der Waals surface area contributed by atoms with E-state index < -0.39 is 0 Å². The summed E-state index contributed by atoms with van der Waals surface area (Å²) < 4.78 is 11.7. The number of hydrogen-bond donors (Lipinski definition) is 0. The molecule has 0 atom stereocenters. The lowest BCUT2D eigenvalue weighted by atomic mass is 10.2. The summed E-state index contributed by atoms with van der Waals surface area (Å²) in [7, 11) is 1.64. The number of fused-ring (bicyclic) bond motifs is 1. The highest BCUT2D eigenvalue weighted by atomic mass is 79.9. The number of ether oxygens (including phenoxy) is 2. The number of halogens is 2. The van der Waals surface area contributed by atoms with Crippen molar-refractivity contribution in [3.63, 3.8) is 0 Å². The van der Waals surface area contributed by atoms with Gasteiger partial charge in [-0.25, -0.2) is 4.98 Å². The monoisotopic (exact) mass is 378 g/mol. The van der Waals surface area contributed by atoms with Gasteiger partial charge in [-0.05, 0) is 39.7 Å². The van der Waals surface area contributed by atoms with Gasteiger partial charge in [0.2, 0.25) is 5.88 Å². The van der Waals surface area contributed by atoms with Gasteiger partial charge in [-0.15, -0.1) is 0 Å². The minimum Gasteiger partial charge on any atom is -0.497 e. The van der Waals surface area contributed by atoms with Crippen molar-refractivity contribution in [1.82, 2.24) is 9.97 Å². The molecule has 0 amide bonds. The molecule has 6 heteroatoms. The van der Waals surface area contributed by atoms with Crippen LogP contribution in [0.1, 0.15) is 5.56 Å². The van der Waals surface area contributed by atoms with Crippen LogP contribution in [-0.4, -0.2) is 17.1 Å². The Labute approximate surface area is 141 Å². The second-order valence-electron chi connectivity index (χ2n) is 4.60. The topological polar surface area (TPSA) is 44.2 Å². The van der Waals surface area contributed by atoms with Crippen molar-refractivity contribution in [2.24, 2.45) is 0 Å². The molecule has 1 aromatic carbocycles. The highest BCUT2D eigenvalue weighted by Crippen LogP contribution is 2.27. The highest BCUT2D eigenvalue weighted by Gasteiger charge is 2.07. The van der Waals surface area contributed by atoms with E-state index in [0.29, 0.717) is 23.2 Å². The zero-order chi connectivity index (χ0) is 15.5. The number of nitrogens with zero attached hydrogens (tertiary/aromatic N) is 2. The van der Waals surface area contributed by atoms with Crippen molar-refractivity contribution in [2.45, 2.75) is 6.61 Å². The molecule has 4 nitrogen and oxygen atoms in total. The largest absolute Gasteiger partial charge is 0.497 e. The molecule has 2 heterocycles. The second kappa shape index (κ2) is 6.50. The van der Waals surface area contributed by atoms with Gasteiger partial charge >= 0.3 is 0 Å². The maximum absolute atomic E-state index is 6.26. The SMILES string of the molecule is COc1ccc(COc2cc(Cl)c3cc(Br)cnc3n2)cc1. The molecule has 0 fully saturated rings. The molecule has 0 bridgehead atoms. The van der Waals surface area contributed by atoms with Crippen molar-refractivity contribution < 1.29 is 9.47 Å². The molecule has 0 radical (unpaired) electrons. The summed E-state index contributed by atoms with van der Waals surface area (Å²) in [6.07, 6.45) is 1.68. The first-order valence-electron chi connectivity index (χ1n) is 6.53. The van der Waals surface area contributed by atoms with Crippen LogP contribution in [0.15, 0.2) is 47.1 Å². The van der Waals surface area contributed by atoms with Gasteiger partial charge in [0.05, 0.1) is 12.1 Å². The van der Waals surface area contributed by atoms with Gasteiger partial charge in [0.25, 0.3) is 0 Å². The van der Waals surface area contributed by atoms with Gasteiger partial charge in [-0.1, -0.05) is 23.7 Å². The Bertz CT molecular complexity index is 809. The molecule has 0 unspecified atom stereocenters. The third-order valence-electron chi connectivity index (χ3n) is 3.10. The zero-order valence-electron chi connectivity index (χ0n) is 11.7. The summed E-state index contributed by atoms with van der Waals surface area (Å²) in [5.41, 5.74) is 1.57. The van der Waals surface area contributed by atoms with E-state index >= 15 is 0 Å². The fraction of sp³-hybridized carbons (Fsp3) is 0.125. The molecule has 0 saturated heterocycles. The van der Waals surface area contributed by atoms with Crippen LogP contribution in [0.5, 0.6) is 11.6 Å². The van der Waals surface area contributed by atoms with E-state index in [0.717, 1.165) is 21.2 Å². The number of methoxy groups -OCH3 is 1. The van der Waals surface area contributed by atoms with Gasteiger partial charge in [-0.2, -0.15) is 4.98 Å². The van der Waals surface area contributed by atoms with Crippen LogP contribution in [0.25, 0.3) is 11.0 Å². The average molecular weight is 380 g/mol. The molecule has 0 spiro atoms. The maximum atomic E-state index is 6.26. The van der Waals surface area contributed by atoms with Crippen LogP contribution in [0, 0.1) is 0 Å². The molecule has 3 rings (SSSR count).